The molecule has 0 aliphatic carbocycles. The van der Waals surface area contributed by atoms with E-state index < -0.39 is 0 Å². The van der Waals surface area contributed by atoms with Gasteiger partial charge in [0.15, 0.2) is 0 Å². The molecule has 0 amide bonds. The summed E-state index contributed by atoms with van der Waals surface area (Å²) >= 11 is 5.05. The summed E-state index contributed by atoms with van der Waals surface area (Å²) in [5.41, 5.74) is 7.63. The fourth-order valence-electron chi connectivity index (χ4n) is 2.59. The number of likely N-dealkylation sites (tertiary alicyclic amines) is 1. The van der Waals surface area contributed by atoms with Crippen molar-refractivity contribution in [1.29, 1.82) is 0 Å². The van der Waals surface area contributed by atoms with Crippen LogP contribution >= 0.6 is 12.2 Å². The zero-order valence-corrected chi connectivity index (χ0v) is 11.9. The van der Waals surface area contributed by atoms with Crippen LogP contribution in [-0.4, -0.2) is 41.3 Å². The molecule has 2 rings (SSSR count). The van der Waals surface area contributed by atoms with Gasteiger partial charge >= 0.3 is 0 Å². The molecule has 0 radical (unpaired) electrons. The second kappa shape index (κ2) is 6.32. The van der Waals surface area contributed by atoms with E-state index in [-0.39, 0.29) is 12.6 Å². The molecule has 1 aromatic rings. The molecule has 5 heteroatoms. The predicted octanol–water partition coefficient (Wildman–Crippen LogP) is 1.29. The van der Waals surface area contributed by atoms with Gasteiger partial charge in [-0.05, 0) is 37.1 Å². The Hall–Kier alpha value is -1.17. The minimum atomic E-state index is 0.221. The van der Waals surface area contributed by atoms with Crippen LogP contribution in [0.3, 0.4) is 0 Å². The second-order valence-electron chi connectivity index (χ2n) is 4.85. The normalized spacial score (nSPS) is 19.6. The molecule has 1 unspecified atom stereocenters. The highest BCUT2D eigenvalue weighted by Crippen LogP contribution is 2.23. The van der Waals surface area contributed by atoms with Gasteiger partial charge in [0.05, 0.1) is 19.3 Å². The number of benzene rings is 1. The first-order chi connectivity index (χ1) is 9.15. The lowest BCUT2D eigenvalue weighted by Crippen LogP contribution is -2.31. The van der Waals surface area contributed by atoms with Gasteiger partial charge in [0.25, 0.3) is 0 Å². The zero-order chi connectivity index (χ0) is 13.8. The SMILES string of the molecule is COc1ccc(CN2CCCC2CO)cc1C(N)=S. The van der Waals surface area contributed by atoms with E-state index in [2.05, 4.69) is 4.90 Å². The predicted molar refractivity (Wildman–Crippen MR) is 79.4 cm³/mol. The molecule has 4 nitrogen and oxygen atoms in total. The first-order valence-corrected chi connectivity index (χ1v) is 6.88. The molecule has 1 atom stereocenters. The quantitative estimate of drug-likeness (QED) is 0.796. The van der Waals surface area contributed by atoms with Crippen LogP contribution in [0.4, 0.5) is 0 Å². The molecule has 104 valence electrons. The van der Waals surface area contributed by atoms with E-state index in [0.717, 1.165) is 37.1 Å². The fourth-order valence-corrected chi connectivity index (χ4v) is 2.75. The van der Waals surface area contributed by atoms with Gasteiger partial charge in [0.2, 0.25) is 0 Å². The van der Waals surface area contributed by atoms with E-state index in [1.807, 2.05) is 18.2 Å². The first kappa shape index (κ1) is 14.2. The number of nitrogens with two attached hydrogens (primary N) is 1. The first-order valence-electron chi connectivity index (χ1n) is 6.47. The molecular formula is C14H20N2O2S. The van der Waals surface area contributed by atoms with Gasteiger partial charge in [-0.3, -0.25) is 4.90 Å². The van der Waals surface area contributed by atoms with Gasteiger partial charge in [0, 0.05) is 12.6 Å². The molecule has 0 aromatic heterocycles. The summed E-state index contributed by atoms with van der Waals surface area (Å²) in [7, 11) is 1.61. The van der Waals surface area contributed by atoms with Gasteiger partial charge in [-0.25, -0.2) is 0 Å². The van der Waals surface area contributed by atoms with Crippen molar-refractivity contribution in [3.05, 3.63) is 29.3 Å². The third kappa shape index (κ3) is 3.23. The van der Waals surface area contributed by atoms with E-state index in [1.165, 1.54) is 0 Å². The maximum Gasteiger partial charge on any atom is 0.129 e. The number of aliphatic hydroxyl groups excluding tert-OH is 1. The number of methoxy groups -OCH3 is 1. The molecular weight excluding hydrogens is 260 g/mol. The number of rotatable bonds is 5. The van der Waals surface area contributed by atoms with Crippen LogP contribution < -0.4 is 10.5 Å². The van der Waals surface area contributed by atoms with Crippen molar-refractivity contribution in [2.75, 3.05) is 20.3 Å². The average molecular weight is 280 g/mol. The summed E-state index contributed by atoms with van der Waals surface area (Å²) in [6, 6.07) is 6.17. The smallest absolute Gasteiger partial charge is 0.129 e. The van der Waals surface area contributed by atoms with Crippen LogP contribution in [0.1, 0.15) is 24.0 Å². The van der Waals surface area contributed by atoms with Crippen LogP contribution in [0.15, 0.2) is 18.2 Å². The van der Waals surface area contributed by atoms with Crippen molar-refractivity contribution < 1.29 is 9.84 Å². The monoisotopic (exact) mass is 280 g/mol. The van der Waals surface area contributed by atoms with Crippen molar-refractivity contribution in [3.63, 3.8) is 0 Å². The van der Waals surface area contributed by atoms with Crippen molar-refractivity contribution in [1.82, 2.24) is 4.90 Å². The van der Waals surface area contributed by atoms with E-state index in [0.29, 0.717) is 10.7 Å². The molecule has 19 heavy (non-hydrogen) atoms. The van der Waals surface area contributed by atoms with Crippen LogP contribution in [0.25, 0.3) is 0 Å². The summed E-state index contributed by atoms with van der Waals surface area (Å²) in [6.45, 7) is 2.06. The number of nitrogens with zero attached hydrogens (tertiary/aromatic N) is 1. The molecule has 0 bridgehead atoms. The highest BCUT2D eigenvalue weighted by Gasteiger charge is 2.23. The number of hydrogen-bond donors (Lipinski definition) is 2. The van der Waals surface area contributed by atoms with Crippen molar-refractivity contribution >= 4 is 17.2 Å². The molecule has 0 spiro atoms. The van der Waals surface area contributed by atoms with Gasteiger partial charge in [-0.2, -0.15) is 0 Å². The number of hydrogen-bond acceptors (Lipinski definition) is 4. The Morgan fingerprint density at radius 2 is 2.37 bits per heavy atom. The van der Waals surface area contributed by atoms with E-state index in [1.54, 1.807) is 7.11 Å². The van der Waals surface area contributed by atoms with Crippen molar-refractivity contribution in [3.8, 4) is 5.75 Å². The Balaban J connectivity index is 2.17. The third-order valence-electron chi connectivity index (χ3n) is 3.62. The van der Waals surface area contributed by atoms with Crippen LogP contribution in [0.2, 0.25) is 0 Å². The van der Waals surface area contributed by atoms with E-state index >= 15 is 0 Å². The Kier molecular flexibility index (Phi) is 4.74. The molecule has 1 aromatic carbocycles. The number of aliphatic hydroxyl groups is 1. The van der Waals surface area contributed by atoms with Gasteiger partial charge in [-0.15, -0.1) is 0 Å². The molecule has 1 aliphatic heterocycles. The summed E-state index contributed by atoms with van der Waals surface area (Å²) in [4.78, 5) is 2.64. The number of ether oxygens (including phenoxy) is 1. The summed E-state index contributed by atoms with van der Waals surface area (Å²) in [5.74, 6) is 0.705. The molecule has 0 saturated carbocycles. The maximum atomic E-state index is 9.34. The van der Waals surface area contributed by atoms with Gasteiger partial charge in [-0.1, -0.05) is 18.3 Å². The fraction of sp³-hybridized carbons (Fsp3) is 0.500. The average Bonchev–Trinajstić information content (AvgIpc) is 2.85. The molecule has 1 heterocycles. The maximum absolute atomic E-state index is 9.34. The van der Waals surface area contributed by atoms with E-state index in [9.17, 15) is 5.11 Å². The highest BCUT2D eigenvalue weighted by molar-refractivity contribution is 7.80. The Bertz CT molecular complexity index is 465. The van der Waals surface area contributed by atoms with Gasteiger partial charge in [0.1, 0.15) is 10.7 Å². The minimum absolute atomic E-state index is 0.221. The Labute approximate surface area is 119 Å². The highest BCUT2D eigenvalue weighted by atomic mass is 32.1. The second-order valence-corrected chi connectivity index (χ2v) is 5.29. The molecule has 1 fully saturated rings. The van der Waals surface area contributed by atoms with Crippen molar-refractivity contribution in [2.45, 2.75) is 25.4 Å². The number of thiocarbonyl (C=S) groups is 1. The van der Waals surface area contributed by atoms with Crippen LogP contribution in [0, 0.1) is 0 Å². The summed E-state index contributed by atoms with van der Waals surface area (Å²) in [5, 5.41) is 9.34. The molecule has 1 saturated heterocycles. The Morgan fingerprint density at radius 1 is 1.58 bits per heavy atom. The van der Waals surface area contributed by atoms with Crippen LogP contribution in [0.5, 0.6) is 5.75 Å². The third-order valence-corrected chi connectivity index (χ3v) is 3.84. The van der Waals surface area contributed by atoms with E-state index in [4.69, 9.17) is 22.7 Å². The largest absolute Gasteiger partial charge is 0.496 e. The lowest BCUT2D eigenvalue weighted by atomic mass is 10.1. The Morgan fingerprint density at radius 3 is 3.00 bits per heavy atom. The standard InChI is InChI=1S/C14H20N2O2S/c1-18-13-5-4-10(7-12(13)14(15)19)8-16-6-2-3-11(16)9-17/h4-5,7,11,17H,2-3,6,8-9H2,1H3,(H2,15,19). The lowest BCUT2D eigenvalue weighted by Gasteiger charge is -2.23. The van der Waals surface area contributed by atoms with Crippen molar-refractivity contribution in [2.24, 2.45) is 5.73 Å². The molecule has 1 aliphatic rings. The summed E-state index contributed by atoms with van der Waals surface area (Å²) in [6.07, 6.45) is 2.21. The minimum Gasteiger partial charge on any atom is -0.496 e. The lowest BCUT2D eigenvalue weighted by molar-refractivity contribution is 0.153. The van der Waals surface area contributed by atoms with Crippen LogP contribution in [-0.2, 0) is 6.54 Å². The topological polar surface area (TPSA) is 58.7 Å². The molecule has 3 N–H and O–H groups in total. The summed E-state index contributed by atoms with van der Waals surface area (Å²) < 4.78 is 5.25. The zero-order valence-electron chi connectivity index (χ0n) is 11.1. The van der Waals surface area contributed by atoms with Gasteiger partial charge < -0.3 is 15.6 Å².